The van der Waals surface area contributed by atoms with Gasteiger partial charge in [-0.2, -0.15) is 0 Å². The number of hydrogen-bond donors (Lipinski definition) is 1. The largest absolute Gasteiger partial charge is 0.492 e. The summed E-state index contributed by atoms with van der Waals surface area (Å²) in [7, 11) is 0. The lowest BCUT2D eigenvalue weighted by molar-refractivity contribution is 0.100. The standard InChI is InChI=1S/C24H22N2O4/c1-16(27)19-5-3-18(4-6-19)11-12-30-23-13-21(14-25-15-23)24(29)26-22-9-7-20(8-10-22)17(2)28/h3-10,13-15H,11-12H2,1-2H3,(H,26,29). The zero-order valence-electron chi connectivity index (χ0n) is 16.8. The summed E-state index contributed by atoms with van der Waals surface area (Å²) in [5.74, 6) is 0.184. The van der Waals surface area contributed by atoms with Gasteiger partial charge in [0.15, 0.2) is 11.6 Å². The highest BCUT2D eigenvalue weighted by Crippen LogP contribution is 2.15. The number of Topliss-reactive ketones (excluding diaryl/α,β-unsaturated/α-hetero) is 2. The second-order valence-electron chi connectivity index (χ2n) is 6.85. The number of amides is 1. The van der Waals surface area contributed by atoms with Crippen LogP contribution in [-0.2, 0) is 6.42 Å². The predicted octanol–water partition coefficient (Wildman–Crippen LogP) is 4.36. The van der Waals surface area contributed by atoms with E-state index in [1.54, 1.807) is 48.7 Å². The first-order valence-corrected chi connectivity index (χ1v) is 9.52. The number of ether oxygens (including phenoxy) is 1. The molecular weight excluding hydrogens is 380 g/mol. The van der Waals surface area contributed by atoms with Gasteiger partial charge in [0, 0.05) is 29.4 Å². The number of anilines is 1. The van der Waals surface area contributed by atoms with Crippen molar-refractivity contribution in [3.05, 3.63) is 89.2 Å². The van der Waals surface area contributed by atoms with Gasteiger partial charge in [-0.15, -0.1) is 0 Å². The fourth-order valence-corrected chi connectivity index (χ4v) is 2.81. The smallest absolute Gasteiger partial charge is 0.257 e. The third-order valence-corrected chi connectivity index (χ3v) is 4.54. The average Bonchev–Trinajstić information content (AvgIpc) is 2.74. The van der Waals surface area contributed by atoms with Crippen LogP contribution in [0.1, 0.15) is 50.5 Å². The third kappa shape index (κ3) is 5.61. The summed E-state index contributed by atoms with van der Waals surface area (Å²) >= 11 is 0. The Balaban J connectivity index is 1.56. The van der Waals surface area contributed by atoms with Crippen LogP contribution in [0, 0.1) is 0 Å². The minimum Gasteiger partial charge on any atom is -0.492 e. The van der Waals surface area contributed by atoms with Gasteiger partial charge in [-0.1, -0.05) is 24.3 Å². The second kappa shape index (κ2) is 9.60. The van der Waals surface area contributed by atoms with Crippen molar-refractivity contribution in [3.8, 4) is 5.75 Å². The summed E-state index contributed by atoms with van der Waals surface area (Å²) in [4.78, 5) is 39.2. The predicted molar refractivity (Wildman–Crippen MR) is 114 cm³/mol. The molecule has 3 rings (SSSR count). The van der Waals surface area contributed by atoms with Gasteiger partial charge in [0.1, 0.15) is 5.75 Å². The Hall–Kier alpha value is -3.80. The molecule has 0 aliphatic heterocycles. The van der Waals surface area contributed by atoms with Gasteiger partial charge in [-0.05, 0) is 49.7 Å². The first-order valence-electron chi connectivity index (χ1n) is 9.52. The molecule has 0 bridgehead atoms. The normalized spacial score (nSPS) is 10.3. The van der Waals surface area contributed by atoms with Crippen LogP contribution < -0.4 is 10.1 Å². The van der Waals surface area contributed by atoms with Crippen LogP contribution in [0.4, 0.5) is 5.69 Å². The van der Waals surface area contributed by atoms with E-state index in [1.807, 2.05) is 12.1 Å². The Kier molecular flexibility index (Phi) is 6.70. The van der Waals surface area contributed by atoms with Crippen LogP contribution in [0.2, 0.25) is 0 Å². The van der Waals surface area contributed by atoms with E-state index in [2.05, 4.69) is 10.3 Å². The molecule has 0 unspecified atom stereocenters. The maximum absolute atomic E-state index is 12.5. The van der Waals surface area contributed by atoms with Crippen molar-refractivity contribution < 1.29 is 19.1 Å². The van der Waals surface area contributed by atoms with Crippen LogP contribution in [0.3, 0.4) is 0 Å². The number of aromatic nitrogens is 1. The zero-order chi connectivity index (χ0) is 21.5. The van der Waals surface area contributed by atoms with E-state index in [-0.39, 0.29) is 17.5 Å². The first-order chi connectivity index (χ1) is 14.4. The maximum Gasteiger partial charge on any atom is 0.257 e. The first kappa shape index (κ1) is 20.9. The molecule has 3 aromatic rings. The van der Waals surface area contributed by atoms with Gasteiger partial charge >= 0.3 is 0 Å². The van der Waals surface area contributed by atoms with Crippen molar-refractivity contribution in [2.75, 3.05) is 11.9 Å². The third-order valence-electron chi connectivity index (χ3n) is 4.54. The molecule has 0 aliphatic carbocycles. The Labute approximate surface area is 174 Å². The summed E-state index contributed by atoms with van der Waals surface area (Å²) in [5.41, 5.74) is 3.27. The van der Waals surface area contributed by atoms with Crippen LogP contribution in [0.5, 0.6) is 5.75 Å². The molecule has 30 heavy (non-hydrogen) atoms. The Morgan fingerprint density at radius 2 is 1.43 bits per heavy atom. The highest BCUT2D eigenvalue weighted by molar-refractivity contribution is 6.04. The van der Waals surface area contributed by atoms with E-state index in [4.69, 9.17) is 4.74 Å². The topological polar surface area (TPSA) is 85.4 Å². The minimum absolute atomic E-state index is 0.0308. The Bertz CT molecular complexity index is 1060. The summed E-state index contributed by atoms with van der Waals surface area (Å²) in [6.07, 6.45) is 3.68. The second-order valence-corrected chi connectivity index (χ2v) is 6.85. The molecule has 0 saturated heterocycles. The van der Waals surface area contributed by atoms with Crippen LogP contribution in [0.25, 0.3) is 0 Å². The number of carbonyl (C=O) groups excluding carboxylic acids is 3. The summed E-state index contributed by atoms with van der Waals surface area (Å²) in [6.45, 7) is 3.44. The number of hydrogen-bond acceptors (Lipinski definition) is 5. The monoisotopic (exact) mass is 402 g/mol. The molecule has 0 saturated carbocycles. The molecule has 6 heteroatoms. The van der Waals surface area contributed by atoms with Gasteiger partial charge in [-0.25, -0.2) is 0 Å². The zero-order valence-corrected chi connectivity index (χ0v) is 16.8. The summed E-state index contributed by atoms with van der Waals surface area (Å²) < 4.78 is 5.72. The molecule has 152 valence electrons. The number of benzene rings is 2. The molecule has 1 amide bonds. The summed E-state index contributed by atoms with van der Waals surface area (Å²) in [6, 6.07) is 15.7. The number of rotatable bonds is 8. The fourth-order valence-electron chi connectivity index (χ4n) is 2.81. The maximum atomic E-state index is 12.5. The number of pyridine rings is 1. The number of nitrogens with one attached hydrogen (secondary N) is 1. The number of carbonyl (C=O) groups is 3. The SMILES string of the molecule is CC(=O)c1ccc(CCOc2cncc(C(=O)Nc3ccc(C(C)=O)cc3)c2)cc1. The molecule has 0 aliphatic rings. The molecule has 0 fully saturated rings. The highest BCUT2D eigenvalue weighted by Gasteiger charge is 2.09. The van der Waals surface area contributed by atoms with E-state index in [0.29, 0.717) is 41.2 Å². The molecule has 0 spiro atoms. The van der Waals surface area contributed by atoms with Crippen LogP contribution in [0.15, 0.2) is 67.0 Å². The van der Waals surface area contributed by atoms with Gasteiger partial charge in [0.05, 0.1) is 18.4 Å². The van der Waals surface area contributed by atoms with Crippen molar-refractivity contribution in [2.24, 2.45) is 0 Å². The molecule has 0 radical (unpaired) electrons. The van der Waals surface area contributed by atoms with Gasteiger partial charge in [-0.3, -0.25) is 19.4 Å². The van der Waals surface area contributed by atoms with E-state index in [0.717, 1.165) is 5.56 Å². The summed E-state index contributed by atoms with van der Waals surface area (Å²) in [5, 5.41) is 2.77. The van der Waals surface area contributed by atoms with Crippen molar-refractivity contribution in [1.82, 2.24) is 4.98 Å². The number of ketones is 2. The van der Waals surface area contributed by atoms with Crippen molar-refractivity contribution in [1.29, 1.82) is 0 Å². The lowest BCUT2D eigenvalue weighted by Crippen LogP contribution is -2.12. The molecular formula is C24H22N2O4. The van der Waals surface area contributed by atoms with Gasteiger partial charge in [0.2, 0.25) is 0 Å². The van der Waals surface area contributed by atoms with Crippen LogP contribution in [-0.4, -0.2) is 29.1 Å². The molecule has 6 nitrogen and oxygen atoms in total. The van der Waals surface area contributed by atoms with Crippen LogP contribution >= 0.6 is 0 Å². The lowest BCUT2D eigenvalue weighted by atomic mass is 10.1. The molecule has 2 aromatic carbocycles. The van der Waals surface area contributed by atoms with Gasteiger partial charge in [0.25, 0.3) is 5.91 Å². The Morgan fingerprint density at radius 3 is 2.03 bits per heavy atom. The van der Waals surface area contributed by atoms with E-state index in [9.17, 15) is 14.4 Å². The molecule has 1 aromatic heterocycles. The fraction of sp³-hybridized carbons (Fsp3) is 0.167. The van der Waals surface area contributed by atoms with E-state index >= 15 is 0 Å². The minimum atomic E-state index is -0.316. The Morgan fingerprint density at radius 1 is 0.833 bits per heavy atom. The van der Waals surface area contributed by atoms with Crippen molar-refractivity contribution >= 4 is 23.2 Å². The van der Waals surface area contributed by atoms with E-state index < -0.39 is 0 Å². The van der Waals surface area contributed by atoms with Crippen molar-refractivity contribution in [3.63, 3.8) is 0 Å². The number of nitrogens with zero attached hydrogens (tertiary/aromatic N) is 1. The molecule has 1 heterocycles. The van der Waals surface area contributed by atoms with Gasteiger partial charge < -0.3 is 10.1 Å². The van der Waals surface area contributed by atoms with E-state index in [1.165, 1.54) is 20.0 Å². The molecule has 1 N–H and O–H groups in total. The lowest BCUT2D eigenvalue weighted by Gasteiger charge is -2.09. The highest BCUT2D eigenvalue weighted by atomic mass is 16.5. The van der Waals surface area contributed by atoms with Crippen molar-refractivity contribution in [2.45, 2.75) is 20.3 Å². The average molecular weight is 402 g/mol. The molecule has 0 atom stereocenters. The quantitative estimate of drug-likeness (QED) is 0.566.